The summed E-state index contributed by atoms with van der Waals surface area (Å²) in [7, 11) is -7.69. The van der Waals surface area contributed by atoms with Gasteiger partial charge in [0.1, 0.15) is 4.21 Å². The predicted octanol–water partition coefficient (Wildman–Crippen LogP) is 1.73. The Balaban J connectivity index is 0.00000361. The zero-order valence-electron chi connectivity index (χ0n) is 18.8. The van der Waals surface area contributed by atoms with Crippen LogP contribution >= 0.6 is 34.5 Å². The van der Waals surface area contributed by atoms with Gasteiger partial charge in [-0.2, -0.15) is 4.31 Å². The normalized spacial score (nSPS) is 14.6. The fraction of sp³-hybridized carbons (Fsp3) is 0.190. The zero-order valence-corrected chi connectivity index (χ0v) is 24.8. The molecule has 1 aromatic heterocycles. The Kier molecular flexibility index (Phi) is 9.88. The molecule has 0 atom stereocenters. The van der Waals surface area contributed by atoms with Gasteiger partial charge in [-0.25, -0.2) is 16.8 Å². The third-order valence-corrected chi connectivity index (χ3v) is 10.2. The second-order valence-electron chi connectivity index (χ2n) is 7.28. The molecule has 1 N–H and O–H groups in total. The van der Waals surface area contributed by atoms with Crippen LogP contribution < -0.4 is 34.3 Å². The molecule has 1 fully saturated rings. The Hall–Kier alpha value is -1.19. The van der Waals surface area contributed by atoms with Crippen LogP contribution in [0.4, 0.5) is 11.4 Å². The standard InChI is InChI=1S/C21H19Cl2N3O6S3.Na/c22-14-1-6-18(25-34(28,29)20-8-7-19(23)33-20)17(13-14)21(27)24-15-2-4-16(5-3-15)35(30,31)26-9-11-32-12-10-26;/h1-8,13H,9-12H2,(H2,24,25,27);/q;+1/p-1. The van der Waals surface area contributed by atoms with Gasteiger partial charge in [0.15, 0.2) is 0 Å². The van der Waals surface area contributed by atoms with E-state index in [4.69, 9.17) is 27.9 Å². The van der Waals surface area contributed by atoms with Gasteiger partial charge in [0.2, 0.25) is 10.0 Å². The van der Waals surface area contributed by atoms with Gasteiger partial charge in [0, 0.05) is 23.7 Å². The smallest absolute Gasteiger partial charge is 0.623 e. The summed E-state index contributed by atoms with van der Waals surface area (Å²) in [5.41, 5.74) is 0.0997. The summed E-state index contributed by atoms with van der Waals surface area (Å²) in [5.74, 6) is -0.766. The molecule has 4 rings (SSSR count). The molecule has 36 heavy (non-hydrogen) atoms. The summed E-state index contributed by atoms with van der Waals surface area (Å²) in [4.78, 5) is 13.0. The number of nitrogens with zero attached hydrogens (tertiary/aromatic N) is 2. The van der Waals surface area contributed by atoms with Gasteiger partial charge in [-0.15, -0.1) is 17.0 Å². The molecule has 0 saturated carbocycles. The maximum Gasteiger partial charge on any atom is 1.00 e. The molecule has 186 valence electrons. The number of halogens is 2. The summed E-state index contributed by atoms with van der Waals surface area (Å²) in [6.07, 6.45) is 0. The fourth-order valence-electron chi connectivity index (χ4n) is 3.23. The van der Waals surface area contributed by atoms with Crippen LogP contribution in [0.1, 0.15) is 10.4 Å². The average molecular weight is 598 g/mol. The first kappa shape index (κ1) is 29.4. The van der Waals surface area contributed by atoms with E-state index < -0.39 is 26.0 Å². The number of rotatable bonds is 7. The minimum Gasteiger partial charge on any atom is -0.623 e. The molecule has 1 aliphatic rings. The van der Waals surface area contributed by atoms with Crippen molar-refractivity contribution in [3.05, 3.63) is 74.8 Å². The topological polar surface area (TPSA) is 124 Å². The number of benzene rings is 2. The minimum atomic E-state index is -4.00. The third-order valence-electron chi connectivity index (χ3n) is 4.94. The number of amides is 1. The molecule has 0 aliphatic carbocycles. The van der Waals surface area contributed by atoms with Crippen molar-refractivity contribution < 1.29 is 55.9 Å². The quantitative estimate of drug-likeness (QED) is 0.414. The third kappa shape index (κ3) is 6.81. The van der Waals surface area contributed by atoms with E-state index in [1.165, 1.54) is 58.9 Å². The zero-order chi connectivity index (χ0) is 25.2. The van der Waals surface area contributed by atoms with Crippen LogP contribution in [-0.4, -0.2) is 53.4 Å². The Morgan fingerprint density at radius 1 is 0.972 bits per heavy atom. The van der Waals surface area contributed by atoms with Gasteiger partial charge >= 0.3 is 29.6 Å². The minimum absolute atomic E-state index is 0. The first-order valence-electron chi connectivity index (χ1n) is 10.1. The van der Waals surface area contributed by atoms with Crippen molar-refractivity contribution in [3.63, 3.8) is 0 Å². The number of anilines is 1. The average Bonchev–Trinajstić information content (AvgIpc) is 3.28. The van der Waals surface area contributed by atoms with E-state index in [0.717, 1.165) is 11.3 Å². The second-order valence-corrected chi connectivity index (χ2v) is 13.3. The van der Waals surface area contributed by atoms with Crippen molar-refractivity contribution in [2.75, 3.05) is 31.0 Å². The van der Waals surface area contributed by atoms with E-state index in [9.17, 15) is 21.6 Å². The molecule has 2 heterocycles. The molecule has 1 amide bonds. The Labute approximate surface area is 245 Å². The maximum absolute atomic E-state index is 12.9. The van der Waals surface area contributed by atoms with Gasteiger partial charge in [0.25, 0.3) is 10.0 Å². The van der Waals surface area contributed by atoms with E-state index in [0.29, 0.717) is 17.6 Å². The van der Waals surface area contributed by atoms with Crippen LogP contribution in [0.25, 0.3) is 5.32 Å². The molecule has 1 saturated heterocycles. The molecule has 1 aliphatic heterocycles. The molecule has 3 aromatic rings. The Morgan fingerprint density at radius 2 is 1.64 bits per heavy atom. The number of ether oxygens (including phenoxy) is 1. The van der Waals surface area contributed by atoms with Crippen LogP contribution in [0.3, 0.4) is 0 Å². The summed E-state index contributed by atoms with van der Waals surface area (Å²) in [6.45, 7) is 1.18. The summed E-state index contributed by atoms with van der Waals surface area (Å²) in [6, 6.07) is 12.4. The van der Waals surface area contributed by atoms with Crippen molar-refractivity contribution >= 4 is 71.9 Å². The summed E-state index contributed by atoms with van der Waals surface area (Å²) in [5, 5.41) is 4.20. The van der Waals surface area contributed by atoms with Crippen molar-refractivity contribution in [2.45, 2.75) is 9.10 Å². The van der Waals surface area contributed by atoms with Gasteiger partial charge in [-0.05, 0) is 42.5 Å². The van der Waals surface area contributed by atoms with Crippen LogP contribution in [0, 0.1) is 0 Å². The predicted molar refractivity (Wildman–Crippen MR) is 135 cm³/mol. The molecule has 0 spiro atoms. The van der Waals surface area contributed by atoms with E-state index in [-0.39, 0.29) is 73.7 Å². The number of sulfonamides is 2. The number of carbonyl (C=O) groups excluding carboxylic acids is 1. The van der Waals surface area contributed by atoms with Crippen LogP contribution in [-0.2, 0) is 24.8 Å². The van der Waals surface area contributed by atoms with Gasteiger partial charge < -0.3 is 14.8 Å². The number of nitrogens with one attached hydrogen (secondary N) is 1. The van der Waals surface area contributed by atoms with Crippen LogP contribution in [0.5, 0.6) is 0 Å². The van der Waals surface area contributed by atoms with Gasteiger partial charge in [-0.3, -0.25) is 4.72 Å². The molecule has 0 bridgehead atoms. The largest absolute Gasteiger partial charge is 1.00 e. The Bertz CT molecular complexity index is 1460. The van der Waals surface area contributed by atoms with Crippen molar-refractivity contribution in [1.82, 2.24) is 4.31 Å². The van der Waals surface area contributed by atoms with E-state index >= 15 is 0 Å². The van der Waals surface area contributed by atoms with E-state index in [1.807, 2.05) is 0 Å². The van der Waals surface area contributed by atoms with E-state index in [2.05, 4.69) is 10.0 Å². The fourth-order valence-corrected chi connectivity index (χ4v) is 7.37. The monoisotopic (exact) mass is 597 g/mol. The summed E-state index contributed by atoms with van der Waals surface area (Å²) >= 11 is 12.7. The van der Waals surface area contributed by atoms with Crippen molar-refractivity contribution in [1.29, 1.82) is 0 Å². The molecular weight excluding hydrogens is 580 g/mol. The molecule has 0 unspecified atom stereocenters. The van der Waals surface area contributed by atoms with Gasteiger partial charge in [-0.1, -0.05) is 35.3 Å². The summed E-state index contributed by atoms with van der Waals surface area (Å²) < 4.78 is 60.1. The maximum atomic E-state index is 12.9. The molecule has 2 aromatic carbocycles. The first-order chi connectivity index (χ1) is 16.6. The molecule has 9 nitrogen and oxygen atoms in total. The Morgan fingerprint density at radius 3 is 2.25 bits per heavy atom. The second kappa shape index (κ2) is 12.1. The number of morpholine rings is 1. The first-order valence-corrected chi connectivity index (χ1v) is 14.6. The van der Waals surface area contributed by atoms with Crippen molar-refractivity contribution in [3.8, 4) is 0 Å². The van der Waals surface area contributed by atoms with Crippen molar-refractivity contribution in [2.24, 2.45) is 0 Å². The van der Waals surface area contributed by atoms with Crippen LogP contribution in [0.2, 0.25) is 9.36 Å². The number of hydrogen-bond donors (Lipinski definition) is 1. The SMILES string of the molecule is O=C([N-]c1ccc(S(=O)(=O)N2CCOCC2)cc1)c1cc(Cl)ccc1NS(=O)(=O)c1ccc(Cl)s1.[Na+]. The number of thiophene rings is 1. The number of hydrogen-bond acceptors (Lipinski definition) is 7. The molecule has 15 heteroatoms. The van der Waals surface area contributed by atoms with Crippen LogP contribution in [0.15, 0.2) is 63.7 Å². The number of carbonyl (C=O) groups is 1. The molecular formula is C21H18Cl2N3NaO6S3. The van der Waals surface area contributed by atoms with Gasteiger partial charge in [0.05, 0.1) is 34.0 Å². The molecule has 0 radical (unpaired) electrons. The van der Waals surface area contributed by atoms with E-state index in [1.54, 1.807) is 0 Å².